The quantitative estimate of drug-likeness (QED) is 0.745. The SMILES string of the molecule is O=C(NC[C@H]1Cc2ccccc2O1)Nc1cccc(Cn2ccnc2)c1. The average molecular weight is 348 g/mol. The zero-order chi connectivity index (χ0) is 17.8. The number of para-hydroxylation sites is 1. The van der Waals surface area contributed by atoms with Gasteiger partial charge in [0.1, 0.15) is 11.9 Å². The number of imidazole rings is 1. The molecular weight excluding hydrogens is 328 g/mol. The summed E-state index contributed by atoms with van der Waals surface area (Å²) in [5, 5.41) is 5.76. The van der Waals surface area contributed by atoms with Crippen molar-refractivity contribution in [2.75, 3.05) is 11.9 Å². The largest absolute Gasteiger partial charge is 0.488 e. The highest BCUT2D eigenvalue weighted by molar-refractivity contribution is 5.89. The number of rotatable bonds is 5. The molecule has 0 radical (unpaired) electrons. The van der Waals surface area contributed by atoms with E-state index >= 15 is 0 Å². The smallest absolute Gasteiger partial charge is 0.319 e. The lowest BCUT2D eigenvalue weighted by atomic mass is 10.1. The molecule has 0 spiro atoms. The fourth-order valence-electron chi connectivity index (χ4n) is 3.09. The van der Waals surface area contributed by atoms with Gasteiger partial charge in [-0.25, -0.2) is 9.78 Å². The Bertz CT molecular complexity index is 867. The lowest BCUT2D eigenvalue weighted by Crippen LogP contribution is -2.37. The zero-order valence-corrected chi connectivity index (χ0v) is 14.3. The predicted molar refractivity (Wildman–Crippen MR) is 99.4 cm³/mol. The van der Waals surface area contributed by atoms with Crippen molar-refractivity contribution >= 4 is 11.7 Å². The van der Waals surface area contributed by atoms with E-state index in [-0.39, 0.29) is 12.1 Å². The van der Waals surface area contributed by atoms with Gasteiger partial charge in [-0.15, -0.1) is 0 Å². The number of carbonyl (C=O) groups excluding carboxylic acids is 1. The van der Waals surface area contributed by atoms with Crippen molar-refractivity contribution < 1.29 is 9.53 Å². The van der Waals surface area contributed by atoms with Gasteiger partial charge in [0.25, 0.3) is 0 Å². The first-order valence-electron chi connectivity index (χ1n) is 8.60. The molecule has 1 aliphatic rings. The normalized spacial score (nSPS) is 15.2. The van der Waals surface area contributed by atoms with E-state index in [9.17, 15) is 4.79 Å². The van der Waals surface area contributed by atoms with Crippen LogP contribution in [0.2, 0.25) is 0 Å². The third-order valence-electron chi connectivity index (χ3n) is 4.31. The maximum atomic E-state index is 12.2. The summed E-state index contributed by atoms with van der Waals surface area (Å²) in [6.45, 7) is 1.18. The molecule has 2 aromatic carbocycles. The highest BCUT2D eigenvalue weighted by Gasteiger charge is 2.22. The van der Waals surface area contributed by atoms with Crippen LogP contribution in [0.15, 0.2) is 67.3 Å². The Morgan fingerprint density at radius 2 is 2.15 bits per heavy atom. The van der Waals surface area contributed by atoms with Crippen LogP contribution in [-0.4, -0.2) is 28.2 Å². The van der Waals surface area contributed by atoms with Crippen LogP contribution >= 0.6 is 0 Å². The van der Waals surface area contributed by atoms with Crippen molar-refractivity contribution in [3.63, 3.8) is 0 Å². The molecule has 2 heterocycles. The van der Waals surface area contributed by atoms with Gasteiger partial charge in [-0.3, -0.25) is 0 Å². The first-order valence-corrected chi connectivity index (χ1v) is 8.60. The Hall–Kier alpha value is -3.28. The van der Waals surface area contributed by atoms with Gasteiger partial charge in [-0.1, -0.05) is 30.3 Å². The molecule has 0 aliphatic carbocycles. The monoisotopic (exact) mass is 348 g/mol. The Labute approximate surface area is 151 Å². The molecule has 0 unspecified atom stereocenters. The van der Waals surface area contributed by atoms with E-state index in [1.54, 1.807) is 12.5 Å². The van der Waals surface area contributed by atoms with Crippen LogP contribution in [0, 0.1) is 0 Å². The minimum absolute atomic E-state index is 0.0225. The van der Waals surface area contributed by atoms with E-state index in [4.69, 9.17) is 4.74 Å². The van der Waals surface area contributed by atoms with Crippen LogP contribution in [0.5, 0.6) is 5.75 Å². The van der Waals surface area contributed by atoms with Gasteiger partial charge < -0.3 is 19.9 Å². The number of nitrogens with one attached hydrogen (secondary N) is 2. The topological polar surface area (TPSA) is 68.2 Å². The third-order valence-corrected chi connectivity index (χ3v) is 4.31. The molecule has 1 aromatic heterocycles. The minimum atomic E-state index is -0.232. The number of carbonyl (C=O) groups is 1. The summed E-state index contributed by atoms with van der Waals surface area (Å²) < 4.78 is 7.81. The van der Waals surface area contributed by atoms with Gasteiger partial charge in [0.05, 0.1) is 12.9 Å². The Morgan fingerprint density at radius 1 is 1.23 bits per heavy atom. The lowest BCUT2D eigenvalue weighted by molar-refractivity contribution is 0.219. The Kier molecular flexibility index (Phi) is 4.55. The lowest BCUT2D eigenvalue weighted by Gasteiger charge is -2.13. The fraction of sp³-hybridized carbons (Fsp3) is 0.200. The van der Waals surface area contributed by atoms with E-state index in [1.807, 2.05) is 53.2 Å². The number of fused-ring (bicyclic) bond motifs is 1. The Morgan fingerprint density at radius 3 is 3.00 bits per heavy atom. The number of urea groups is 1. The maximum Gasteiger partial charge on any atom is 0.319 e. The van der Waals surface area contributed by atoms with E-state index in [0.717, 1.165) is 23.4 Å². The zero-order valence-electron chi connectivity index (χ0n) is 14.3. The maximum absolute atomic E-state index is 12.2. The molecule has 6 nitrogen and oxygen atoms in total. The van der Waals surface area contributed by atoms with Gasteiger partial charge in [0, 0.05) is 31.0 Å². The number of anilines is 1. The van der Waals surface area contributed by atoms with E-state index < -0.39 is 0 Å². The van der Waals surface area contributed by atoms with Crippen LogP contribution < -0.4 is 15.4 Å². The first kappa shape index (κ1) is 16.2. The number of nitrogens with zero attached hydrogens (tertiary/aromatic N) is 2. The molecule has 6 heteroatoms. The average Bonchev–Trinajstić information content (AvgIpc) is 3.29. The minimum Gasteiger partial charge on any atom is -0.488 e. The molecule has 4 rings (SSSR count). The first-order chi connectivity index (χ1) is 12.8. The molecule has 3 aromatic rings. The second kappa shape index (κ2) is 7.31. The van der Waals surface area contributed by atoms with Crippen LogP contribution in [0.3, 0.4) is 0 Å². The van der Waals surface area contributed by atoms with Gasteiger partial charge in [-0.2, -0.15) is 0 Å². The second-order valence-corrected chi connectivity index (χ2v) is 6.32. The summed E-state index contributed by atoms with van der Waals surface area (Å²) in [4.78, 5) is 16.2. The number of hydrogen-bond donors (Lipinski definition) is 2. The number of aromatic nitrogens is 2. The molecule has 0 saturated carbocycles. The standard InChI is InChI=1S/C20H20N4O2/c25-20(22-12-18-11-16-5-1-2-7-19(16)26-18)23-17-6-3-4-15(10-17)13-24-9-8-21-14-24/h1-10,14,18H,11-13H2,(H2,22,23,25)/t18-/m1/s1. The predicted octanol–water partition coefficient (Wildman–Crippen LogP) is 3.06. The Balaban J connectivity index is 1.29. The highest BCUT2D eigenvalue weighted by Crippen LogP contribution is 2.27. The summed E-state index contributed by atoms with van der Waals surface area (Å²) >= 11 is 0. The number of hydrogen-bond acceptors (Lipinski definition) is 3. The number of amides is 2. The molecule has 0 saturated heterocycles. The number of benzene rings is 2. The van der Waals surface area contributed by atoms with Crippen LogP contribution in [0.1, 0.15) is 11.1 Å². The number of ether oxygens (including phenoxy) is 1. The van der Waals surface area contributed by atoms with Crippen molar-refractivity contribution in [2.45, 2.75) is 19.1 Å². The van der Waals surface area contributed by atoms with Crippen LogP contribution in [0.4, 0.5) is 10.5 Å². The molecule has 26 heavy (non-hydrogen) atoms. The molecule has 0 bridgehead atoms. The molecule has 1 aliphatic heterocycles. The second-order valence-electron chi connectivity index (χ2n) is 6.32. The van der Waals surface area contributed by atoms with E-state index in [1.165, 1.54) is 5.56 Å². The van der Waals surface area contributed by atoms with Crippen molar-refractivity contribution in [3.8, 4) is 5.75 Å². The van der Waals surface area contributed by atoms with Gasteiger partial charge >= 0.3 is 6.03 Å². The van der Waals surface area contributed by atoms with Crippen LogP contribution in [0.25, 0.3) is 0 Å². The van der Waals surface area contributed by atoms with Crippen LogP contribution in [-0.2, 0) is 13.0 Å². The van der Waals surface area contributed by atoms with Crippen molar-refractivity contribution in [1.82, 2.24) is 14.9 Å². The summed E-state index contributed by atoms with van der Waals surface area (Å²) in [7, 11) is 0. The third kappa shape index (κ3) is 3.85. The summed E-state index contributed by atoms with van der Waals surface area (Å²) in [6.07, 6.45) is 6.22. The molecule has 2 amide bonds. The van der Waals surface area contributed by atoms with Gasteiger partial charge in [0.15, 0.2) is 0 Å². The van der Waals surface area contributed by atoms with Crippen molar-refractivity contribution in [3.05, 3.63) is 78.4 Å². The van der Waals surface area contributed by atoms with Gasteiger partial charge in [-0.05, 0) is 29.3 Å². The molecular formula is C20H20N4O2. The highest BCUT2D eigenvalue weighted by atomic mass is 16.5. The molecule has 0 fully saturated rings. The molecule has 2 N–H and O–H groups in total. The summed E-state index contributed by atoms with van der Waals surface area (Å²) in [5.74, 6) is 0.909. The van der Waals surface area contributed by atoms with Crippen molar-refractivity contribution in [1.29, 1.82) is 0 Å². The fourth-order valence-corrected chi connectivity index (χ4v) is 3.09. The summed E-state index contributed by atoms with van der Waals surface area (Å²) in [5.41, 5.74) is 3.04. The van der Waals surface area contributed by atoms with Crippen molar-refractivity contribution in [2.24, 2.45) is 0 Å². The summed E-state index contributed by atoms with van der Waals surface area (Å²) in [6, 6.07) is 15.5. The van der Waals surface area contributed by atoms with E-state index in [2.05, 4.69) is 21.7 Å². The van der Waals surface area contributed by atoms with Gasteiger partial charge in [0.2, 0.25) is 0 Å². The molecule has 1 atom stereocenters. The van der Waals surface area contributed by atoms with E-state index in [0.29, 0.717) is 13.1 Å². The molecule has 132 valence electrons.